The molecule has 1 amide bonds. The van der Waals surface area contributed by atoms with Crippen molar-refractivity contribution in [3.63, 3.8) is 0 Å². The highest BCUT2D eigenvalue weighted by Gasteiger charge is 2.46. The number of rotatable bonds is 3. The first-order valence-corrected chi connectivity index (χ1v) is 10.4. The van der Waals surface area contributed by atoms with E-state index in [0.717, 1.165) is 22.7 Å². The first kappa shape index (κ1) is 18.0. The fourth-order valence-corrected chi connectivity index (χ4v) is 5.43. The molecule has 1 saturated heterocycles. The molecular formula is C19H18N4O2S2. The monoisotopic (exact) mass is 398 g/mol. The molecule has 0 unspecified atom stereocenters. The van der Waals surface area contributed by atoms with Crippen LogP contribution in [-0.4, -0.2) is 35.0 Å². The second-order valence-electron chi connectivity index (χ2n) is 6.44. The number of nitrogens with zero attached hydrogens (tertiary/aromatic N) is 2. The van der Waals surface area contributed by atoms with Gasteiger partial charge in [0.05, 0.1) is 12.3 Å². The second kappa shape index (κ2) is 7.35. The fourth-order valence-electron chi connectivity index (χ4n) is 3.36. The largest absolute Gasteiger partial charge is 0.381 e. The van der Waals surface area contributed by atoms with Gasteiger partial charge in [-0.15, -0.1) is 17.8 Å². The van der Waals surface area contributed by atoms with E-state index < -0.39 is 0 Å². The molecule has 2 aliphatic rings. The summed E-state index contributed by atoms with van der Waals surface area (Å²) in [6.07, 6.45) is 7.62. The Balaban J connectivity index is 1.56. The molecule has 4 heterocycles. The van der Waals surface area contributed by atoms with E-state index >= 15 is 0 Å². The van der Waals surface area contributed by atoms with E-state index in [-0.39, 0.29) is 17.4 Å². The highest BCUT2D eigenvalue weighted by atomic mass is 32.2. The van der Waals surface area contributed by atoms with E-state index in [9.17, 15) is 4.79 Å². The lowest BCUT2D eigenvalue weighted by Crippen LogP contribution is -2.46. The zero-order valence-corrected chi connectivity index (χ0v) is 16.1. The number of hydrogen-bond donors (Lipinski definition) is 2. The summed E-state index contributed by atoms with van der Waals surface area (Å²) >= 11 is 3.16. The number of amides is 1. The van der Waals surface area contributed by atoms with Gasteiger partial charge in [-0.2, -0.15) is 0 Å². The lowest BCUT2D eigenvalue weighted by Gasteiger charge is -2.42. The molecule has 2 atom stereocenters. The normalized spacial score (nSPS) is 24.4. The Hall–Kier alpha value is -2.34. The Morgan fingerprint density at radius 2 is 2.37 bits per heavy atom. The van der Waals surface area contributed by atoms with Crippen LogP contribution < -0.4 is 11.1 Å². The SMILES string of the molecule is C#Cc1ccc(C(=O)Nc2csc([C@]34CCOC[C@H]3CSC(N)=N4)c2)nc1. The minimum atomic E-state index is -0.353. The van der Waals surface area contributed by atoms with Gasteiger partial charge >= 0.3 is 0 Å². The molecule has 4 rings (SSSR count). The van der Waals surface area contributed by atoms with E-state index in [4.69, 9.17) is 21.9 Å². The quantitative estimate of drug-likeness (QED) is 0.776. The van der Waals surface area contributed by atoms with Crippen molar-refractivity contribution in [1.29, 1.82) is 0 Å². The van der Waals surface area contributed by atoms with E-state index in [2.05, 4.69) is 16.2 Å². The Labute approximate surface area is 165 Å². The van der Waals surface area contributed by atoms with Gasteiger partial charge in [-0.3, -0.25) is 4.79 Å². The van der Waals surface area contributed by atoms with Gasteiger partial charge in [0.15, 0.2) is 5.17 Å². The van der Waals surface area contributed by atoms with Crippen LogP contribution in [0.15, 0.2) is 34.8 Å². The molecule has 27 heavy (non-hydrogen) atoms. The van der Waals surface area contributed by atoms with Crippen molar-refractivity contribution >= 4 is 39.9 Å². The second-order valence-corrected chi connectivity index (χ2v) is 8.39. The molecule has 8 heteroatoms. The van der Waals surface area contributed by atoms with Crippen LogP contribution in [0.25, 0.3) is 0 Å². The van der Waals surface area contributed by atoms with Crippen LogP contribution in [0, 0.1) is 18.3 Å². The number of thioether (sulfide) groups is 1. The molecule has 1 fully saturated rings. The van der Waals surface area contributed by atoms with E-state index in [1.54, 1.807) is 35.2 Å². The number of ether oxygens (including phenoxy) is 1. The number of thiophene rings is 1. The molecule has 3 N–H and O–H groups in total. The number of hydrogen-bond acceptors (Lipinski definition) is 7. The number of aliphatic imine (C=N–C) groups is 1. The summed E-state index contributed by atoms with van der Waals surface area (Å²) in [5, 5.41) is 5.44. The van der Waals surface area contributed by atoms with Crippen LogP contribution in [-0.2, 0) is 10.3 Å². The molecule has 2 aromatic rings. The predicted octanol–water partition coefficient (Wildman–Crippen LogP) is 2.67. The average Bonchev–Trinajstić information content (AvgIpc) is 3.17. The highest BCUT2D eigenvalue weighted by Crippen LogP contribution is 2.47. The smallest absolute Gasteiger partial charge is 0.274 e. The maximum absolute atomic E-state index is 12.4. The number of anilines is 1. The van der Waals surface area contributed by atoms with Crippen molar-refractivity contribution in [1.82, 2.24) is 4.98 Å². The summed E-state index contributed by atoms with van der Waals surface area (Å²) in [5.74, 6) is 3.38. The number of nitrogens with two attached hydrogens (primary N) is 1. The van der Waals surface area contributed by atoms with Gasteiger partial charge in [0, 0.05) is 46.7 Å². The molecule has 0 aromatic carbocycles. The number of nitrogens with one attached hydrogen (secondary N) is 1. The molecule has 6 nitrogen and oxygen atoms in total. The van der Waals surface area contributed by atoms with E-state index in [1.165, 1.54) is 6.20 Å². The lowest BCUT2D eigenvalue weighted by atomic mass is 9.80. The summed E-state index contributed by atoms with van der Waals surface area (Å²) in [4.78, 5) is 22.5. The number of carbonyl (C=O) groups excluding carboxylic acids is 1. The molecule has 0 radical (unpaired) electrons. The van der Waals surface area contributed by atoms with Gasteiger partial charge in [0.1, 0.15) is 11.2 Å². The zero-order valence-electron chi connectivity index (χ0n) is 14.5. The number of fused-ring (bicyclic) bond motifs is 1. The predicted molar refractivity (Wildman–Crippen MR) is 109 cm³/mol. The van der Waals surface area contributed by atoms with Crippen LogP contribution in [0.3, 0.4) is 0 Å². The van der Waals surface area contributed by atoms with Crippen molar-refractivity contribution in [2.45, 2.75) is 12.0 Å². The maximum atomic E-state index is 12.4. The molecule has 2 aliphatic heterocycles. The number of terminal acetylenes is 1. The topological polar surface area (TPSA) is 89.6 Å². The number of amidine groups is 1. The molecule has 138 valence electrons. The van der Waals surface area contributed by atoms with Crippen molar-refractivity contribution < 1.29 is 9.53 Å². The van der Waals surface area contributed by atoms with E-state index in [1.807, 2.05) is 11.4 Å². The third-order valence-electron chi connectivity index (χ3n) is 4.81. The van der Waals surface area contributed by atoms with Crippen LogP contribution in [0.5, 0.6) is 0 Å². The van der Waals surface area contributed by atoms with Crippen molar-refractivity contribution in [3.05, 3.63) is 45.9 Å². The van der Waals surface area contributed by atoms with Gasteiger partial charge < -0.3 is 15.8 Å². The van der Waals surface area contributed by atoms with Crippen LogP contribution >= 0.6 is 23.1 Å². The first-order chi connectivity index (χ1) is 13.1. The van der Waals surface area contributed by atoms with E-state index in [0.29, 0.717) is 29.6 Å². The summed E-state index contributed by atoms with van der Waals surface area (Å²) in [5.41, 5.74) is 7.37. The zero-order chi connectivity index (χ0) is 18.9. The Kier molecular flexibility index (Phi) is 4.91. The molecule has 0 spiro atoms. The molecular weight excluding hydrogens is 380 g/mol. The third-order valence-corrected chi connectivity index (χ3v) is 6.86. The minimum Gasteiger partial charge on any atom is -0.381 e. The molecule has 0 aliphatic carbocycles. The highest BCUT2D eigenvalue weighted by molar-refractivity contribution is 8.13. The number of pyridine rings is 1. The first-order valence-electron chi connectivity index (χ1n) is 8.49. The third kappa shape index (κ3) is 3.46. The van der Waals surface area contributed by atoms with Crippen LogP contribution in [0.1, 0.15) is 27.3 Å². The molecule has 2 aromatic heterocycles. The maximum Gasteiger partial charge on any atom is 0.274 e. The standard InChI is InChI=1S/C19H18N4O2S2/c1-2-12-3-4-15(21-8-12)17(24)22-14-7-16(26-11-14)19-5-6-25-9-13(19)10-27-18(20)23-19/h1,3-4,7-8,11,13H,5-6,9-10H2,(H2,20,23)(H,22,24)/t13-,19-/m0/s1. The van der Waals surface area contributed by atoms with Gasteiger partial charge in [-0.25, -0.2) is 9.98 Å². The van der Waals surface area contributed by atoms with Gasteiger partial charge in [0.25, 0.3) is 5.91 Å². The van der Waals surface area contributed by atoms with Crippen LogP contribution in [0.4, 0.5) is 5.69 Å². The van der Waals surface area contributed by atoms with Gasteiger partial charge in [-0.1, -0.05) is 17.7 Å². The van der Waals surface area contributed by atoms with Crippen molar-refractivity contribution in [2.75, 3.05) is 24.3 Å². The molecule has 0 bridgehead atoms. The summed E-state index contributed by atoms with van der Waals surface area (Å²) in [6.45, 7) is 1.33. The summed E-state index contributed by atoms with van der Waals surface area (Å²) in [7, 11) is 0. The summed E-state index contributed by atoms with van der Waals surface area (Å²) in [6, 6.07) is 5.31. The Bertz CT molecular complexity index is 932. The summed E-state index contributed by atoms with van der Waals surface area (Å²) < 4.78 is 5.66. The molecule has 0 saturated carbocycles. The number of aromatic nitrogens is 1. The van der Waals surface area contributed by atoms with Gasteiger partial charge in [0.2, 0.25) is 0 Å². The van der Waals surface area contributed by atoms with Gasteiger partial charge in [-0.05, 0) is 18.2 Å². The average molecular weight is 399 g/mol. The fraction of sp³-hybridized carbons (Fsp3) is 0.316. The van der Waals surface area contributed by atoms with Crippen molar-refractivity contribution in [2.24, 2.45) is 16.6 Å². The lowest BCUT2D eigenvalue weighted by molar-refractivity contribution is 0.0114. The van der Waals surface area contributed by atoms with Crippen molar-refractivity contribution in [3.8, 4) is 12.3 Å². The van der Waals surface area contributed by atoms with Crippen LogP contribution in [0.2, 0.25) is 0 Å². The minimum absolute atomic E-state index is 0.272. The Morgan fingerprint density at radius 1 is 1.48 bits per heavy atom. The Morgan fingerprint density at radius 3 is 3.15 bits per heavy atom. The number of carbonyl (C=O) groups is 1.